The van der Waals surface area contributed by atoms with Gasteiger partial charge in [-0.15, -0.1) is 0 Å². The van der Waals surface area contributed by atoms with Gasteiger partial charge in [-0.2, -0.15) is 0 Å². The maximum absolute atomic E-state index is 11.8. The normalized spacial score (nSPS) is 13.9. The predicted octanol–water partition coefficient (Wildman–Crippen LogP) is -1.05. The molecule has 0 saturated carbocycles. The molecule has 5 amide bonds. The molecule has 0 bridgehead atoms. The average molecular weight is 333 g/mol. The van der Waals surface area contributed by atoms with Crippen LogP contribution in [0.2, 0.25) is 0 Å². The lowest BCUT2D eigenvalue weighted by atomic mass is 10.2. The van der Waals surface area contributed by atoms with Crippen LogP contribution in [0.4, 0.5) is 10.5 Å². The van der Waals surface area contributed by atoms with E-state index in [2.05, 4.69) is 10.6 Å². The summed E-state index contributed by atoms with van der Waals surface area (Å²) in [4.78, 5) is 47.2. The molecule has 1 heterocycles. The van der Waals surface area contributed by atoms with E-state index in [0.717, 1.165) is 17.7 Å². The van der Waals surface area contributed by atoms with Crippen LogP contribution in [0.1, 0.15) is 18.4 Å². The lowest BCUT2D eigenvalue weighted by Crippen LogP contribution is -2.54. The molecule has 128 valence electrons. The van der Waals surface area contributed by atoms with Crippen LogP contribution in [0.3, 0.4) is 0 Å². The van der Waals surface area contributed by atoms with Crippen LogP contribution in [-0.4, -0.2) is 36.3 Å². The maximum Gasteiger partial charge on any atom is 0.316 e. The van der Waals surface area contributed by atoms with Gasteiger partial charge in [-0.05, 0) is 24.1 Å². The molecule has 2 rings (SSSR count). The zero-order valence-electron chi connectivity index (χ0n) is 13.0. The number of urea groups is 1. The zero-order valence-corrected chi connectivity index (χ0v) is 13.0. The van der Waals surface area contributed by atoms with Crippen molar-refractivity contribution in [3.8, 4) is 0 Å². The number of nitrogens with zero attached hydrogens (tertiary/aromatic N) is 1. The topological polar surface area (TPSA) is 148 Å². The monoisotopic (exact) mass is 333 g/mol. The van der Waals surface area contributed by atoms with Crippen molar-refractivity contribution in [2.75, 3.05) is 11.4 Å². The number of nitrogens with two attached hydrogens (primary N) is 2. The molecule has 0 aromatic heterocycles. The van der Waals surface area contributed by atoms with E-state index in [9.17, 15) is 19.2 Å². The summed E-state index contributed by atoms with van der Waals surface area (Å²) in [6, 6.07) is 4.86. The van der Waals surface area contributed by atoms with Crippen molar-refractivity contribution >= 4 is 29.4 Å². The first-order chi connectivity index (χ1) is 11.4. The molecule has 1 aliphatic heterocycles. The molecular formula is C15H19N5O4. The number of primary amides is 2. The van der Waals surface area contributed by atoms with Gasteiger partial charge in [-0.1, -0.05) is 12.1 Å². The minimum absolute atomic E-state index is 0.0728. The molecule has 0 atom stereocenters. The Labute approximate surface area is 138 Å². The van der Waals surface area contributed by atoms with E-state index in [4.69, 9.17) is 11.5 Å². The van der Waals surface area contributed by atoms with Gasteiger partial charge < -0.3 is 27.0 Å². The highest BCUT2D eigenvalue weighted by Crippen LogP contribution is 2.22. The summed E-state index contributed by atoms with van der Waals surface area (Å²) in [5.74, 6) is -2.00. The van der Waals surface area contributed by atoms with E-state index < -0.39 is 23.9 Å². The van der Waals surface area contributed by atoms with Gasteiger partial charge in [0.05, 0.1) is 0 Å². The molecule has 0 spiro atoms. The molecule has 1 fully saturated rings. The first-order valence-electron chi connectivity index (χ1n) is 7.41. The number of amides is 5. The summed E-state index contributed by atoms with van der Waals surface area (Å²) in [5, 5.41) is 4.60. The summed E-state index contributed by atoms with van der Waals surface area (Å²) >= 11 is 0. The second kappa shape index (κ2) is 7.44. The number of anilines is 1. The highest BCUT2D eigenvalue weighted by Gasteiger charge is 2.24. The van der Waals surface area contributed by atoms with Crippen LogP contribution < -0.4 is 27.0 Å². The van der Waals surface area contributed by atoms with Gasteiger partial charge in [0.1, 0.15) is 0 Å². The van der Waals surface area contributed by atoms with Crippen molar-refractivity contribution in [3.05, 3.63) is 29.8 Å². The molecule has 9 heteroatoms. The van der Waals surface area contributed by atoms with E-state index in [1.54, 1.807) is 23.1 Å². The minimum atomic E-state index is -1.57. The number of rotatable bonds is 6. The minimum Gasteiger partial charge on any atom is -0.367 e. The SMILES string of the molecule is NC(=O)C(NC(=O)NCc1cccc(N2CCCC2=O)c1)C(N)=O. The third-order valence-corrected chi connectivity index (χ3v) is 3.59. The Balaban J connectivity index is 1.94. The molecule has 1 aromatic rings. The average Bonchev–Trinajstić information content (AvgIpc) is 2.96. The summed E-state index contributed by atoms with van der Waals surface area (Å²) in [6.45, 7) is 0.820. The smallest absolute Gasteiger partial charge is 0.316 e. The second-order valence-corrected chi connectivity index (χ2v) is 5.38. The van der Waals surface area contributed by atoms with Gasteiger partial charge in [0.15, 0.2) is 6.04 Å². The van der Waals surface area contributed by atoms with E-state index in [-0.39, 0.29) is 12.5 Å². The van der Waals surface area contributed by atoms with Crippen molar-refractivity contribution in [1.29, 1.82) is 0 Å². The number of hydrogen-bond donors (Lipinski definition) is 4. The predicted molar refractivity (Wildman–Crippen MR) is 85.6 cm³/mol. The zero-order chi connectivity index (χ0) is 17.7. The van der Waals surface area contributed by atoms with E-state index in [0.29, 0.717) is 13.0 Å². The Morgan fingerprint density at radius 1 is 1.21 bits per heavy atom. The van der Waals surface area contributed by atoms with Gasteiger partial charge >= 0.3 is 6.03 Å². The van der Waals surface area contributed by atoms with Crippen LogP contribution in [-0.2, 0) is 20.9 Å². The summed E-state index contributed by atoms with van der Waals surface area (Å²) in [7, 11) is 0. The van der Waals surface area contributed by atoms with Gasteiger partial charge in [0.25, 0.3) is 0 Å². The van der Waals surface area contributed by atoms with Crippen LogP contribution in [0.5, 0.6) is 0 Å². The summed E-state index contributed by atoms with van der Waals surface area (Å²) in [5.41, 5.74) is 11.5. The largest absolute Gasteiger partial charge is 0.367 e. The molecular weight excluding hydrogens is 314 g/mol. The van der Waals surface area contributed by atoms with E-state index in [1.165, 1.54) is 0 Å². The molecule has 1 aliphatic rings. The van der Waals surface area contributed by atoms with E-state index >= 15 is 0 Å². The van der Waals surface area contributed by atoms with Gasteiger partial charge in [-0.3, -0.25) is 14.4 Å². The number of carbonyl (C=O) groups excluding carboxylic acids is 4. The first kappa shape index (κ1) is 17.3. The number of nitrogens with one attached hydrogen (secondary N) is 2. The van der Waals surface area contributed by atoms with Crippen molar-refractivity contribution in [1.82, 2.24) is 10.6 Å². The second-order valence-electron chi connectivity index (χ2n) is 5.38. The van der Waals surface area contributed by atoms with E-state index in [1.807, 2.05) is 6.07 Å². The highest BCUT2D eigenvalue weighted by atomic mass is 16.2. The fourth-order valence-corrected chi connectivity index (χ4v) is 2.40. The Morgan fingerprint density at radius 3 is 2.50 bits per heavy atom. The number of carbonyl (C=O) groups is 4. The lowest BCUT2D eigenvalue weighted by Gasteiger charge is -2.17. The summed E-state index contributed by atoms with van der Waals surface area (Å²) < 4.78 is 0. The third-order valence-electron chi connectivity index (χ3n) is 3.59. The Hall–Kier alpha value is -3.10. The summed E-state index contributed by atoms with van der Waals surface area (Å²) in [6.07, 6.45) is 1.36. The van der Waals surface area contributed by atoms with Gasteiger partial charge in [0, 0.05) is 25.2 Å². The van der Waals surface area contributed by atoms with Crippen LogP contribution in [0.15, 0.2) is 24.3 Å². The molecule has 1 saturated heterocycles. The van der Waals surface area contributed by atoms with Crippen LogP contribution >= 0.6 is 0 Å². The Bertz CT molecular complexity index is 662. The fourth-order valence-electron chi connectivity index (χ4n) is 2.40. The molecule has 9 nitrogen and oxygen atoms in total. The lowest BCUT2D eigenvalue weighted by molar-refractivity contribution is -0.128. The fraction of sp³-hybridized carbons (Fsp3) is 0.333. The van der Waals surface area contributed by atoms with Crippen molar-refractivity contribution in [2.45, 2.75) is 25.4 Å². The van der Waals surface area contributed by atoms with Crippen LogP contribution in [0, 0.1) is 0 Å². The van der Waals surface area contributed by atoms with Gasteiger partial charge in [0.2, 0.25) is 17.7 Å². The molecule has 6 N–H and O–H groups in total. The Kier molecular flexibility index (Phi) is 5.35. The quantitative estimate of drug-likeness (QED) is 0.492. The Morgan fingerprint density at radius 2 is 1.92 bits per heavy atom. The molecule has 0 radical (unpaired) electrons. The molecule has 0 unspecified atom stereocenters. The van der Waals surface area contributed by atoms with Crippen LogP contribution in [0.25, 0.3) is 0 Å². The van der Waals surface area contributed by atoms with Gasteiger partial charge in [-0.25, -0.2) is 4.79 Å². The molecule has 0 aliphatic carbocycles. The molecule has 24 heavy (non-hydrogen) atoms. The van der Waals surface area contributed by atoms with Crippen molar-refractivity contribution in [3.63, 3.8) is 0 Å². The van der Waals surface area contributed by atoms with Crippen molar-refractivity contribution < 1.29 is 19.2 Å². The van der Waals surface area contributed by atoms with Crippen molar-refractivity contribution in [2.24, 2.45) is 11.5 Å². The number of hydrogen-bond acceptors (Lipinski definition) is 4. The maximum atomic E-state index is 11.8. The molecule has 1 aromatic carbocycles. The highest BCUT2D eigenvalue weighted by molar-refractivity contribution is 6.05. The first-order valence-corrected chi connectivity index (χ1v) is 7.41. The third kappa shape index (κ3) is 4.22. The number of benzene rings is 1. The standard InChI is InChI=1S/C15H19N5O4/c16-13(22)12(14(17)23)19-15(24)18-8-9-3-1-4-10(7-9)20-6-2-5-11(20)21/h1,3-4,7,12H,2,5-6,8H2,(H2,16,22)(H2,17,23)(H2,18,19,24).